The van der Waals surface area contributed by atoms with Gasteiger partial charge in [-0.25, -0.2) is 15.0 Å². The summed E-state index contributed by atoms with van der Waals surface area (Å²) < 4.78 is 16.1. The number of hydrazone groups is 1. The van der Waals surface area contributed by atoms with Gasteiger partial charge in [0.15, 0.2) is 0 Å². The van der Waals surface area contributed by atoms with Gasteiger partial charge in [-0.1, -0.05) is 23.2 Å². The van der Waals surface area contributed by atoms with Crippen LogP contribution in [-0.2, 0) is 0 Å². The van der Waals surface area contributed by atoms with E-state index < -0.39 is 17.8 Å². The third-order valence-electron chi connectivity index (χ3n) is 5.28. The Morgan fingerprint density at radius 3 is 1.77 bits per heavy atom. The van der Waals surface area contributed by atoms with Gasteiger partial charge in [-0.3, -0.25) is 4.79 Å². The third kappa shape index (κ3) is 7.44. The van der Waals surface area contributed by atoms with Crippen molar-refractivity contribution >= 4 is 47.3 Å². The molecule has 0 unspecified atom stereocenters. The molecule has 0 heterocycles. The number of esters is 2. The zero-order valence-corrected chi connectivity index (χ0v) is 21.9. The largest absolute Gasteiger partial charge is 0.497 e. The number of rotatable bonds is 8. The number of carbonyl (C=O) groups excluding carboxylic acids is 3. The van der Waals surface area contributed by atoms with Crippen LogP contribution in [0, 0.1) is 0 Å². The second kappa shape index (κ2) is 12.7. The molecule has 0 spiro atoms. The highest BCUT2D eigenvalue weighted by molar-refractivity contribution is 6.31. The lowest BCUT2D eigenvalue weighted by Crippen LogP contribution is -2.17. The van der Waals surface area contributed by atoms with Gasteiger partial charge < -0.3 is 14.2 Å². The molecule has 0 aliphatic carbocycles. The van der Waals surface area contributed by atoms with Crippen molar-refractivity contribution in [2.75, 3.05) is 7.11 Å². The summed E-state index contributed by atoms with van der Waals surface area (Å²) in [6.07, 6.45) is 1.30. The van der Waals surface area contributed by atoms with Crippen molar-refractivity contribution < 1.29 is 28.6 Å². The van der Waals surface area contributed by atoms with Crippen molar-refractivity contribution in [2.24, 2.45) is 5.10 Å². The Hall–Kier alpha value is -4.66. The lowest BCUT2D eigenvalue weighted by atomic mass is 10.2. The van der Waals surface area contributed by atoms with Gasteiger partial charge in [0.1, 0.15) is 17.2 Å². The number of hydrogen-bond acceptors (Lipinski definition) is 7. The minimum absolute atomic E-state index is 0.0406. The standard InChI is InChI=1S/C29H20Cl2N2O6/c1-37-24-13-6-18(7-14-24)27(34)33-32-17-21-8-15-25(38-28(35)19-2-9-22(30)10-3-19)16-26(21)39-29(36)20-4-11-23(31)12-5-20/h2-17H,1H3,(H,33,34). The van der Waals surface area contributed by atoms with E-state index in [1.54, 1.807) is 48.5 Å². The minimum atomic E-state index is -0.676. The van der Waals surface area contributed by atoms with Crippen LogP contribution in [0.15, 0.2) is 96.1 Å². The molecule has 39 heavy (non-hydrogen) atoms. The summed E-state index contributed by atoms with van der Waals surface area (Å²) in [6, 6.07) is 23.2. The van der Waals surface area contributed by atoms with E-state index in [-0.39, 0.29) is 22.6 Å². The predicted octanol–water partition coefficient (Wildman–Crippen LogP) is 6.20. The van der Waals surface area contributed by atoms with Crippen LogP contribution in [0.25, 0.3) is 0 Å². The SMILES string of the molecule is COc1ccc(C(=O)NN=Cc2ccc(OC(=O)c3ccc(Cl)cc3)cc2OC(=O)c2ccc(Cl)cc2)cc1. The van der Waals surface area contributed by atoms with E-state index in [9.17, 15) is 14.4 Å². The smallest absolute Gasteiger partial charge is 0.343 e. The summed E-state index contributed by atoms with van der Waals surface area (Å²) in [5, 5.41) is 4.91. The van der Waals surface area contributed by atoms with Gasteiger partial charge in [-0.15, -0.1) is 0 Å². The molecule has 4 aromatic rings. The van der Waals surface area contributed by atoms with Crippen LogP contribution in [0.3, 0.4) is 0 Å². The van der Waals surface area contributed by atoms with Crippen LogP contribution >= 0.6 is 23.2 Å². The first-order chi connectivity index (χ1) is 18.8. The summed E-state index contributed by atoms with van der Waals surface area (Å²) in [5.41, 5.74) is 3.65. The molecule has 0 radical (unpaired) electrons. The highest BCUT2D eigenvalue weighted by Crippen LogP contribution is 2.26. The Labute approximate surface area is 233 Å². The van der Waals surface area contributed by atoms with E-state index in [0.29, 0.717) is 26.9 Å². The zero-order valence-electron chi connectivity index (χ0n) is 20.4. The molecule has 10 heteroatoms. The quantitative estimate of drug-likeness (QED) is 0.118. The summed E-state index contributed by atoms with van der Waals surface area (Å²) >= 11 is 11.8. The van der Waals surface area contributed by atoms with Gasteiger partial charge in [-0.05, 0) is 84.9 Å². The first-order valence-electron chi connectivity index (χ1n) is 11.4. The Morgan fingerprint density at radius 2 is 1.21 bits per heavy atom. The van der Waals surface area contributed by atoms with Crippen LogP contribution in [-0.4, -0.2) is 31.2 Å². The van der Waals surface area contributed by atoms with Crippen LogP contribution in [0.1, 0.15) is 36.6 Å². The lowest BCUT2D eigenvalue weighted by molar-refractivity contribution is 0.0732. The summed E-state index contributed by atoms with van der Waals surface area (Å²) in [4.78, 5) is 37.7. The maximum atomic E-state index is 12.8. The van der Waals surface area contributed by atoms with Crippen LogP contribution in [0.2, 0.25) is 10.0 Å². The van der Waals surface area contributed by atoms with Crippen molar-refractivity contribution in [3.8, 4) is 17.2 Å². The van der Waals surface area contributed by atoms with E-state index in [1.165, 1.54) is 55.8 Å². The van der Waals surface area contributed by atoms with E-state index in [1.807, 2.05) is 0 Å². The Bertz CT molecular complexity index is 1520. The maximum absolute atomic E-state index is 12.8. The number of benzene rings is 4. The molecule has 0 saturated heterocycles. The minimum Gasteiger partial charge on any atom is -0.497 e. The molecular weight excluding hydrogens is 543 g/mol. The van der Waals surface area contributed by atoms with Crippen LogP contribution in [0.5, 0.6) is 17.2 Å². The molecule has 0 aromatic heterocycles. The number of methoxy groups -OCH3 is 1. The fourth-order valence-electron chi connectivity index (χ4n) is 3.24. The summed E-state index contributed by atoms with van der Waals surface area (Å²) in [7, 11) is 1.53. The number of hydrogen-bond donors (Lipinski definition) is 1. The van der Waals surface area contributed by atoms with Crippen molar-refractivity contribution in [3.63, 3.8) is 0 Å². The molecule has 1 amide bonds. The molecule has 0 atom stereocenters. The molecular formula is C29H20Cl2N2O6. The highest BCUT2D eigenvalue weighted by Gasteiger charge is 2.15. The first-order valence-corrected chi connectivity index (χ1v) is 12.1. The van der Waals surface area contributed by atoms with Gasteiger partial charge in [0.05, 0.1) is 24.5 Å². The van der Waals surface area contributed by atoms with E-state index in [2.05, 4.69) is 10.5 Å². The number of halogens is 2. The zero-order chi connectivity index (χ0) is 27.8. The molecule has 4 aromatic carbocycles. The van der Waals surface area contributed by atoms with Gasteiger partial charge in [0, 0.05) is 27.2 Å². The Balaban J connectivity index is 1.55. The van der Waals surface area contributed by atoms with Gasteiger partial charge in [0.2, 0.25) is 0 Å². The van der Waals surface area contributed by atoms with E-state index in [4.69, 9.17) is 37.4 Å². The number of nitrogens with zero attached hydrogens (tertiary/aromatic N) is 1. The first kappa shape index (κ1) is 27.4. The predicted molar refractivity (Wildman–Crippen MR) is 147 cm³/mol. The van der Waals surface area contributed by atoms with E-state index in [0.717, 1.165) is 0 Å². The number of ether oxygens (including phenoxy) is 3. The molecule has 0 saturated carbocycles. The molecule has 4 rings (SSSR count). The second-order valence-electron chi connectivity index (χ2n) is 7.92. The average molecular weight is 563 g/mol. The summed E-state index contributed by atoms with van der Waals surface area (Å²) in [6.45, 7) is 0. The lowest BCUT2D eigenvalue weighted by Gasteiger charge is -2.11. The fraction of sp³-hybridized carbons (Fsp3) is 0.0345. The molecule has 0 aliphatic rings. The molecule has 0 fully saturated rings. The Kier molecular flexibility index (Phi) is 8.94. The fourth-order valence-corrected chi connectivity index (χ4v) is 3.49. The van der Waals surface area contributed by atoms with Gasteiger partial charge in [0.25, 0.3) is 5.91 Å². The number of carbonyl (C=O) groups is 3. The average Bonchev–Trinajstić information content (AvgIpc) is 2.94. The van der Waals surface area contributed by atoms with Crippen molar-refractivity contribution in [1.82, 2.24) is 5.43 Å². The van der Waals surface area contributed by atoms with Crippen molar-refractivity contribution in [3.05, 3.63) is 123 Å². The highest BCUT2D eigenvalue weighted by atomic mass is 35.5. The molecule has 0 bridgehead atoms. The summed E-state index contributed by atoms with van der Waals surface area (Å²) in [5.74, 6) is -0.993. The number of amides is 1. The molecule has 196 valence electrons. The molecule has 1 N–H and O–H groups in total. The number of nitrogens with one attached hydrogen (secondary N) is 1. The molecule has 8 nitrogen and oxygen atoms in total. The molecule has 0 aliphatic heterocycles. The van der Waals surface area contributed by atoms with Gasteiger partial charge >= 0.3 is 11.9 Å². The normalized spacial score (nSPS) is 10.6. The second-order valence-corrected chi connectivity index (χ2v) is 8.79. The monoisotopic (exact) mass is 562 g/mol. The van der Waals surface area contributed by atoms with Crippen molar-refractivity contribution in [1.29, 1.82) is 0 Å². The van der Waals surface area contributed by atoms with Crippen molar-refractivity contribution in [2.45, 2.75) is 0 Å². The van der Waals surface area contributed by atoms with Crippen LogP contribution in [0.4, 0.5) is 0 Å². The topological polar surface area (TPSA) is 103 Å². The van der Waals surface area contributed by atoms with Crippen LogP contribution < -0.4 is 19.6 Å². The van der Waals surface area contributed by atoms with Gasteiger partial charge in [-0.2, -0.15) is 5.10 Å². The Morgan fingerprint density at radius 1 is 0.692 bits per heavy atom. The third-order valence-corrected chi connectivity index (χ3v) is 5.78. The van der Waals surface area contributed by atoms with E-state index >= 15 is 0 Å². The maximum Gasteiger partial charge on any atom is 0.343 e.